The van der Waals surface area contributed by atoms with Crippen LogP contribution in [0.5, 0.6) is 11.5 Å². The second-order valence-electron chi connectivity index (χ2n) is 7.59. The Kier molecular flexibility index (Phi) is 5.70. The summed E-state index contributed by atoms with van der Waals surface area (Å²) in [5.41, 5.74) is 1.31. The van der Waals surface area contributed by atoms with Crippen molar-refractivity contribution in [3.63, 3.8) is 0 Å². The van der Waals surface area contributed by atoms with E-state index in [-0.39, 0.29) is 23.7 Å². The average Bonchev–Trinajstić information content (AvgIpc) is 3.40. The van der Waals surface area contributed by atoms with Gasteiger partial charge >= 0.3 is 0 Å². The lowest BCUT2D eigenvalue weighted by Crippen LogP contribution is -2.41. The van der Waals surface area contributed by atoms with Crippen LogP contribution in [0.4, 0.5) is 5.69 Å². The van der Waals surface area contributed by atoms with Gasteiger partial charge in [-0.15, -0.1) is 0 Å². The molecule has 2 N–H and O–H groups in total. The number of allylic oxidation sites excluding steroid dienone is 2. The fourth-order valence-corrected chi connectivity index (χ4v) is 4.46. The van der Waals surface area contributed by atoms with Crippen molar-refractivity contribution >= 4 is 17.5 Å². The number of amides is 2. The number of nitrogens with one attached hydrogen (secondary N) is 2. The van der Waals surface area contributed by atoms with E-state index < -0.39 is 11.8 Å². The summed E-state index contributed by atoms with van der Waals surface area (Å²) in [5, 5.41) is 5.91. The monoisotopic (exact) mass is 407 g/mol. The zero-order valence-electron chi connectivity index (χ0n) is 17.0. The number of hydrogen-bond acceptors (Lipinski definition) is 5. The smallest absolute Gasteiger partial charge is 0.229 e. The van der Waals surface area contributed by atoms with Gasteiger partial charge < -0.3 is 20.1 Å². The SMILES string of the molecule is COc1ccc(OC)c(NC(=O)[C@H]2[C@H](C(=O)NCc3ccccn3)[C@H]3C=C[C@H]2C3)c1. The highest BCUT2D eigenvalue weighted by atomic mass is 16.5. The fourth-order valence-electron chi connectivity index (χ4n) is 4.46. The van der Waals surface area contributed by atoms with Crippen LogP contribution in [0.25, 0.3) is 0 Å². The number of carbonyl (C=O) groups excluding carboxylic acids is 2. The van der Waals surface area contributed by atoms with E-state index in [1.54, 1.807) is 38.6 Å². The summed E-state index contributed by atoms with van der Waals surface area (Å²) in [6, 6.07) is 10.8. The van der Waals surface area contributed by atoms with Crippen LogP contribution in [-0.4, -0.2) is 31.0 Å². The summed E-state index contributed by atoms with van der Waals surface area (Å²) in [4.78, 5) is 30.5. The molecule has 0 spiro atoms. The van der Waals surface area contributed by atoms with E-state index in [1.165, 1.54) is 0 Å². The van der Waals surface area contributed by atoms with Gasteiger partial charge in [0.1, 0.15) is 11.5 Å². The number of methoxy groups -OCH3 is 2. The number of anilines is 1. The molecule has 1 fully saturated rings. The molecule has 2 bridgehead atoms. The van der Waals surface area contributed by atoms with Crippen LogP contribution in [-0.2, 0) is 16.1 Å². The standard InChI is InChI=1S/C23H25N3O4/c1-29-17-8-9-19(30-2)18(12-17)26-23(28)21-15-7-6-14(11-15)20(21)22(27)25-13-16-5-3-4-10-24-16/h3-10,12,14-15,20-21H,11,13H2,1-2H3,(H,25,27)(H,26,28)/t14-,15-,20+,21+/m0/s1. The minimum Gasteiger partial charge on any atom is -0.497 e. The van der Waals surface area contributed by atoms with E-state index in [4.69, 9.17) is 9.47 Å². The number of pyridine rings is 1. The lowest BCUT2D eigenvalue weighted by Gasteiger charge is -2.26. The maximum atomic E-state index is 13.2. The fraction of sp³-hybridized carbons (Fsp3) is 0.348. The van der Waals surface area contributed by atoms with Crippen LogP contribution in [0.3, 0.4) is 0 Å². The summed E-state index contributed by atoms with van der Waals surface area (Å²) < 4.78 is 10.6. The van der Waals surface area contributed by atoms with Crippen molar-refractivity contribution in [1.82, 2.24) is 10.3 Å². The third kappa shape index (κ3) is 3.87. The molecular formula is C23H25N3O4. The molecule has 7 nitrogen and oxygen atoms in total. The van der Waals surface area contributed by atoms with Crippen LogP contribution in [0.15, 0.2) is 54.7 Å². The van der Waals surface area contributed by atoms with Crippen LogP contribution in [0.2, 0.25) is 0 Å². The number of aromatic nitrogens is 1. The van der Waals surface area contributed by atoms with Gasteiger partial charge in [-0.05, 0) is 42.5 Å². The number of ether oxygens (including phenoxy) is 2. The van der Waals surface area contributed by atoms with Crippen molar-refractivity contribution in [3.8, 4) is 11.5 Å². The highest BCUT2D eigenvalue weighted by Gasteiger charge is 2.51. The molecule has 2 amide bonds. The van der Waals surface area contributed by atoms with E-state index in [0.29, 0.717) is 23.7 Å². The molecule has 4 atom stereocenters. The van der Waals surface area contributed by atoms with Gasteiger partial charge in [0.15, 0.2) is 0 Å². The Hall–Kier alpha value is -3.35. The number of nitrogens with zero attached hydrogens (tertiary/aromatic N) is 1. The minimum atomic E-state index is -0.431. The van der Waals surface area contributed by atoms with Crippen molar-refractivity contribution < 1.29 is 19.1 Å². The average molecular weight is 407 g/mol. The summed E-state index contributed by atoms with van der Waals surface area (Å²) in [5.74, 6) is 0.146. The number of hydrogen-bond donors (Lipinski definition) is 2. The molecule has 0 aliphatic heterocycles. The van der Waals surface area contributed by atoms with Gasteiger partial charge in [0.2, 0.25) is 11.8 Å². The van der Waals surface area contributed by atoms with E-state index in [9.17, 15) is 9.59 Å². The first kappa shape index (κ1) is 19.9. The highest BCUT2D eigenvalue weighted by Crippen LogP contribution is 2.48. The number of fused-ring (bicyclic) bond motifs is 2. The van der Waals surface area contributed by atoms with Crippen LogP contribution in [0, 0.1) is 23.7 Å². The second kappa shape index (κ2) is 8.57. The van der Waals surface area contributed by atoms with Gasteiger partial charge in [-0.25, -0.2) is 0 Å². The van der Waals surface area contributed by atoms with Crippen LogP contribution in [0.1, 0.15) is 12.1 Å². The molecule has 156 valence electrons. The van der Waals surface area contributed by atoms with Gasteiger partial charge in [0, 0.05) is 12.3 Å². The van der Waals surface area contributed by atoms with E-state index in [0.717, 1.165) is 12.1 Å². The molecule has 2 aromatic rings. The van der Waals surface area contributed by atoms with E-state index >= 15 is 0 Å². The summed E-state index contributed by atoms with van der Waals surface area (Å²) in [6.07, 6.45) is 6.63. The Labute approximate surface area is 175 Å². The highest BCUT2D eigenvalue weighted by molar-refractivity contribution is 5.98. The maximum Gasteiger partial charge on any atom is 0.229 e. The van der Waals surface area contributed by atoms with Crippen LogP contribution < -0.4 is 20.1 Å². The van der Waals surface area contributed by atoms with Gasteiger partial charge in [0.25, 0.3) is 0 Å². The van der Waals surface area contributed by atoms with Crippen molar-refractivity contribution in [1.29, 1.82) is 0 Å². The summed E-state index contributed by atoms with van der Waals surface area (Å²) >= 11 is 0. The second-order valence-corrected chi connectivity index (χ2v) is 7.59. The van der Waals surface area contributed by atoms with Gasteiger partial charge in [-0.1, -0.05) is 18.2 Å². The lowest BCUT2D eigenvalue weighted by molar-refractivity contribution is -0.133. The van der Waals surface area contributed by atoms with Crippen molar-refractivity contribution in [3.05, 3.63) is 60.4 Å². The van der Waals surface area contributed by atoms with Crippen molar-refractivity contribution in [2.45, 2.75) is 13.0 Å². The van der Waals surface area contributed by atoms with Crippen LogP contribution >= 0.6 is 0 Å². The predicted octanol–water partition coefficient (Wildman–Crippen LogP) is 2.79. The quantitative estimate of drug-likeness (QED) is 0.689. The number of benzene rings is 1. The molecular weight excluding hydrogens is 382 g/mol. The Morgan fingerprint density at radius 2 is 1.80 bits per heavy atom. The minimum absolute atomic E-state index is 0.0530. The first-order chi connectivity index (χ1) is 14.6. The van der Waals surface area contributed by atoms with Gasteiger partial charge in [0.05, 0.1) is 44.0 Å². The zero-order valence-corrected chi connectivity index (χ0v) is 17.0. The maximum absolute atomic E-state index is 13.2. The third-order valence-electron chi connectivity index (χ3n) is 5.90. The van der Waals surface area contributed by atoms with Crippen molar-refractivity contribution in [2.75, 3.05) is 19.5 Å². The van der Waals surface area contributed by atoms with E-state index in [2.05, 4.69) is 27.8 Å². The molecule has 30 heavy (non-hydrogen) atoms. The molecule has 1 aromatic carbocycles. The summed E-state index contributed by atoms with van der Waals surface area (Å²) in [6.45, 7) is 0.343. The molecule has 0 unspecified atom stereocenters. The summed E-state index contributed by atoms with van der Waals surface area (Å²) in [7, 11) is 3.11. The largest absolute Gasteiger partial charge is 0.497 e. The lowest BCUT2D eigenvalue weighted by atomic mass is 9.81. The predicted molar refractivity (Wildman–Crippen MR) is 112 cm³/mol. The van der Waals surface area contributed by atoms with Crippen molar-refractivity contribution in [2.24, 2.45) is 23.7 Å². The molecule has 4 rings (SSSR count). The molecule has 2 aliphatic rings. The molecule has 0 saturated heterocycles. The molecule has 1 saturated carbocycles. The molecule has 1 heterocycles. The Morgan fingerprint density at radius 3 is 2.47 bits per heavy atom. The number of carbonyl (C=O) groups is 2. The van der Waals surface area contributed by atoms with Gasteiger partial charge in [-0.3, -0.25) is 14.6 Å². The Morgan fingerprint density at radius 1 is 1.03 bits per heavy atom. The Bertz CT molecular complexity index is 960. The topological polar surface area (TPSA) is 89.5 Å². The Balaban J connectivity index is 1.50. The van der Waals surface area contributed by atoms with Gasteiger partial charge in [-0.2, -0.15) is 0 Å². The molecule has 0 radical (unpaired) electrons. The van der Waals surface area contributed by atoms with E-state index in [1.807, 2.05) is 18.2 Å². The first-order valence-corrected chi connectivity index (χ1v) is 9.99. The molecule has 7 heteroatoms. The normalized spacial score (nSPS) is 23.8. The zero-order chi connectivity index (χ0) is 21.1. The first-order valence-electron chi connectivity index (χ1n) is 9.99. The molecule has 2 aliphatic carbocycles. The number of rotatable bonds is 7. The molecule has 1 aromatic heterocycles. The third-order valence-corrected chi connectivity index (χ3v) is 5.90.